The number of nitrogens with one attached hydrogen (secondary N) is 1. The molecular weight excluding hydrogens is 332 g/mol. The quantitative estimate of drug-likeness (QED) is 0.343. The van der Waals surface area contributed by atoms with E-state index in [4.69, 9.17) is 9.73 Å². The van der Waals surface area contributed by atoms with Crippen LogP contribution >= 0.6 is 0 Å². The van der Waals surface area contributed by atoms with Gasteiger partial charge < -0.3 is 19.5 Å². The Kier molecular flexibility index (Phi) is 7.69. The zero-order chi connectivity index (χ0) is 18.9. The minimum atomic E-state index is -0.149. The topological polar surface area (TPSA) is 75.9 Å². The molecule has 1 fully saturated rings. The maximum Gasteiger partial charge on any atom is 0.310 e. The second-order valence-electron chi connectivity index (χ2n) is 6.69. The minimum absolute atomic E-state index is 0.0317. The van der Waals surface area contributed by atoms with Gasteiger partial charge in [0.25, 0.3) is 0 Å². The predicted molar refractivity (Wildman–Crippen MR) is 102 cm³/mol. The van der Waals surface area contributed by atoms with Crippen LogP contribution in [0, 0.1) is 11.8 Å². The van der Waals surface area contributed by atoms with Crippen LogP contribution < -0.4 is 10.9 Å². The Morgan fingerprint density at radius 2 is 2.15 bits per heavy atom. The van der Waals surface area contributed by atoms with Crippen LogP contribution in [0.25, 0.3) is 0 Å². The van der Waals surface area contributed by atoms with E-state index in [-0.39, 0.29) is 23.4 Å². The van der Waals surface area contributed by atoms with Gasteiger partial charge in [-0.25, -0.2) is 0 Å². The van der Waals surface area contributed by atoms with Crippen molar-refractivity contribution in [3.8, 4) is 0 Å². The number of aliphatic imine (C=N–C) groups is 1. The zero-order valence-corrected chi connectivity index (χ0v) is 16.0. The Balaban J connectivity index is 1.86. The molecule has 0 spiro atoms. The van der Waals surface area contributed by atoms with Gasteiger partial charge in [0.15, 0.2) is 5.96 Å². The molecule has 144 valence electrons. The van der Waals surface area contributed by atoms with Crippen molar-refractivity contribution in [3.63, 3.8) is 0 Å². The van der Waals surface area contributed by atoms with Crippen LogP contribution in [0.5, 0.6) is 0 Å². The molecule has 0 aromatic carbocycles. The second-order valence-corrected chi connectivity index (χ2v) is 6.69. The van der Waals surface area contributed by atoms with E-state index >= 15 is 0 Å². The zero-order valence-electron chi connectivity index (χ0n) is 16.0. The van der Waals surface area contributed by atoms with Crippen molar-refractivity contribution in [2.24, 2.45) is 16.8 Å². The van der Waals surface area contributed by atoms with Crippen LogP contribution in [0.1, 0.15) is 26.7 Å². The van der Waals surface area contributed by atoms with Crippen molar-refractivity contribution < 1.29 is 9.53 Å². The summed E-state index contributed by atoms with van der Waals surface area (Å²) in [7, 11) is 1.44. The lowest BCUT2D eigenvalue weighted by Crippen LogP contribution is -2.40. The fraction of sp³-hybridized carbons (Fsp3) is 0.632. The number of aromatic nitrogens is 1. The van der Waals surface area contributed by atoms with E-state index in [0.29, 0.717) is 19.6 Å². The third-order valence-electron chi connectivity index (χ3n) is 4.72. The number of pyridine rings is 1. The van der Waals surface area contributed by atoms with Gasteiger partial charge in [-0.1, -0.05) is 13.0 Å². The number of nitrogens with zero attached hydrogens (tertiary/aromatic N) is 3. The molecule has 1 N–H and O–H groups in total. The third-order valence-corrected chi connectivity index (χ3v) is 4.72. The molecule has 2 rings (SSSR count). The van der Waals surface area contributed by atoms with E-state index in [9.17, 15) is 9.59 Å². The molecule has 26 heavy (non-hydrogen) atoms. The molecule has 0 saturated carbocycles. The molecular formula is C19H30N4O3. The summed E-state index contributed by atoms with van der Waals surface area (Å²) in [5.41, 5.74) is 0.0317. The number of rotatable bonds is 7. The van der Waals surface area contributed by atoms with Crippen LogP contribution in [-0.4, -0.2) is 54.7 Å². The van der Waals surface area contributed by atoms with Gasteiger partial charge in [0.2, 0.25) is 5.56 Å². The Morgan fingerprint density at radius 1 is 1.35 bits per heavy atom. The molecule has 1 aliphatic rings. The summed E-state index contributed by atoms with van der Waals surface area (Å²) in [6, 6.07) is 5.20. The Morgan fingerprint density at radius 3 is 2.85 bits per heavy atom. The molecule has 2 unspecified atom stereocenters. The summed E-state index contributed by atoms with van der Waals surface area (Å²) in [5, 5.41) is 3.31. The van der Waals surface area contributed by atoms with Gasteiger partial charge in [0, 0.05) is 45.0 Å². The van der Waals surface area contributed by atoms with Crippen molar-refractivity contribution in [3.05, 3.63) is 34.7 Å². The van der Waals surface area contributed by atoms with Crippen LogP contribution in [-0.2, 0) is 16.1 Å². The number of unbranched alkanes of at least 4 members (excludes halogenated alkanes) is 1. The Bertz CT molecular complexity index is 671. The summed E-state index contributed by atoms with van der Waals surface area (Å²) in [5.74, 6) is 0.844. The average Bonchev–Trinajstić information content (AvgIpc) is 3.03. The number of methoxy groups -OCH3 is 1. The van der Waals surface area contributed by atoms with Gasteiger partial charge in [0.1, 0.15) is 0 Å². The number of carbonyl (C=O) groups excluding carboxylic acids is 1. The summed E-state index contributed by atoms with van der Waals surface area (Å²) in [6.07, 6.45) is 3.61. The van der Waals surface area contributed by atoms with E-state index in [2.05, 4.69) is 17.1 Å². The highest BCUT2D eigenvalue weighted by molar-refractivity contribution is 5.82. The summed E-state index contributed by atoms with van der Waals surface area (Å²) < 4.78 is 6.62. The standard InChI is InChI=1S/C19H30N4O3/c1-4-20-19(23-13-15(2)16(14-23)18(25)26-3)21-10-6-8-12-22-11-7-5-9-17(22)24/h5,7,9,11,15-16H,4,6,8,10,12-14H2,1-3H3,(H,20,21). The molecule has 2 atom stereocenters. The van der Waals surface area contributed by atoms with Gasteiger partial charge in [0.05, 0.1) is 13.0 Å². The van der Waals surface area contributed by atoms with Crippen LogP contribution in [0.2, 0.25) is 0 Å². The molecule has 0 aliphatic carbocycles. The maximum atomic E-state index is 11.9. The van der Waals surface area contributed by atoms with Gasteiger partial charge in [-0.05, 0) is 31.7 Å². The molecule has 7 heteroatoms. The van der Waals surface area contributed by atoms with Crippen molar-refractivity contribution >= 4 is 11.9 Å². The molecule has 7 nitrogen and oxygen atoms in total. The highest BCUT2D eigenvalue weighted by atomic mass is 16.5. The van der Waals surface area contributed by atoms with Gasteiger partial charge in [-0.2, -0.15) is 0 Å². The highest BCUT2D eigenvalue weighted by Crippen LogP contribution is 2.24. The van der Waals surface area contributed by atoms with E-state index in [0.717, 1.165) is 31.9 Å². The maximum absolute atomic E-state index is 11.9. The fourth-order valence-corrected chi connectivity index (χ4v) is 3.25. The lowest BCUT2D eigenvalue weighted by atomic mass is 9.99. The monoisotopic (exact) mass is 362 g/mol. The molecule has 0 bridgehead atoms. The smallest absolute Gasteiger partial charge is 0.310 e. The first-order valence-electron chi connectivity index (χ1n) is 9.33. The van der Waals surface area contributed by atoms with Crippen molar-refractivity contribution in [1.82, 2.24) is 14.8 Å². The van der Waals surface area contributed by atoms with Gasteiger partial charge >= 0.3 is 5.97 Å². The number of likely N-dealkylation sites (tertiary alicyclic amines) is 1. The van der Waals surface area contributed by atoms with Crippen LogP contribution in [0.15, 0.2) is 34.2 Å². The number of carbonyl (C=O) groups is 1. The summed E-state index contributed by atoms with van der Waals surface area (Å²) in [6.45, 7) is 7.72. The number of hydrogen-bond acceptors (Lipinski definition) is 4. The van der Waals surface area contributed by atoms with E-state index in [1.165, 1.54) is 7.11 Å². The van der Waals surface area contributed by atoms with Crippen LogP contribution in [0.4, 0.5) is 0 Å². The first kappa shape index (κ1) is 20.0. The molecule has 0 amide bonds. The first-order valence-corrected chi connectivity index (χ1v) is 9.33. The molecule has 1 aromatic rings. The molecule has 1 aromatic heterocycles. The van der Waals surface area contributed by atoms with Gasteiger partial charge in [-0.15, -0.1) is 0 Å². The normalized spacial score (nSPS) is 20.3. The Hall–Kier alpha value is -2.31. The number of ether oxygens (including phenoxy) is 1. The largest absolute Gasteiger partial charge is 0.469 e. The summed E-state index contributed by atoms with van der Waals surface area (Å²) >= 11 is 0. The van der Waals surface area contributed by atoms with Crippen molar-refractivity contribution in [1.29, 1.82) is 0 Å². The predicted octanol–water partition coefficient (Wildman–Crippen LogP) is 1.33. The number of hydrogen-bond donors (Lipinski definition) is 1. The molecule has 2 heterocycles. The van der Waals surface area contributed by atoms with E-state index in [1.54, 1.807) is 16.7 Å². The minimum Gasteiger partial charge on any atom is -0.469 e. The fourth-order valence-electron chi connectivity index (χ4n) is 3.25. The van der Waals surface area contributed by atoms with Crippen molar-refractivity contribution in [2.75, 3.05) is 33.3 Å². The average molecular weight is 362 g/mol. The van der Waals surface area contributed by atoms with Crippen molar-refractivity contribution in [2.45, 2.75) is 33.2 Å². The number of esters is 1. The first-order chi connectivity index (χ1) is 12.6. The van der Waals surface area contributed by atoms with Gasteiger partial charge in [-0.3, -0.25) is 14.6 Å². The Labute approximate surface area is 155 Å². The third kappa shape index (κ3) is 5.34. The molecule has 0 radical (unpaired) electrons. The highest BCUT2D eigenvalue weighted by Gasteiger charge is 2.36. The number of aryl methyl sites for hydroxylation is 1. The lowest BCUT2D eigenvalue weighted by molar-refractivity contribution is -0.145. The molecule has 1 saturated heterocycles. The van der Waals surface area contributed by atoms with Crippen LogP contribution in [0.3, 0.4) is 0 Å². The second kappa shape index (κ2) is 9.99. The summed E-state index contributed by atoms with van der Waals surface area (Å²) in [4.78, 5) is 30.4. The number of guanidine groups is 1. The van der Waals surface area contributed by atoms with E-state index in [1.807, 2.05) is 19.2 Å². The SMILES string of the molecule is CCNC(=NCCCCn1ccccc1=O)N1CC(C)C(C(=O)OC)C1. The van der Waals surface area contributed by atoms with E-state index < -0.39 is 0 Å². The molecule has 1 aliphatic heterocycles. The lowest BCUT2D eigenvalue weighted by Gasteiger charge is -2.21.